The molecule has 1 heterocycles. The summed E-state index contributed by atoms with van der Waals surface area (Å²) in [5, 5.41) is 0.423. The van der Waals surface area contributed by atoms with Gasteiger partial charge < -0.3 is 18.8 Å². The van der Waals surface area contributed by atoms with Crippen LogP contribution in [0.5, 0.6) is 5.75 Å². The number of aromatic nitrogens is 1. The van der Waals surface area contributed by atoms with Crippen LogP contribution in [0.15, 0.2) is 47.4 Å². The Hall–Kier alpha value is -2.84. The largest absolute Gasteiger partial charge is 0.497 e. The zero-order chi connectivity index (χ0) is 26.9. The molecule has 0 atom stereocenters. The predicted octanol–water partition coefficient (Wildman–Crippen LogP) is 4.32. The van der Waals surface area contributed by atoms with Crippen LogP contribution in [-0.4, -0.2) is 50.0 Å². The molecule has 2 rings (SSSR count). The van der Waals surface area contributed by atoms with Gasteiger partial charge in [-0.25, -0.2) is 4.39 Å². The van der Waals surface area contributed by atoms with Crippen molar-refractivity contribution in [2.24, 2.45) is 0 Å². The molecule has 0 unspecified atom stereocenters. The first kappa shape index (κ1) is 31.2. The standard InChI is InChI=1S/C23H28FNO3.C5H10O2S/c1-5-14-28-15-8-7-9-21(24)22-17(3)25(6-2)16-20(23(22)26)18-10-12-19(27-4)13-11-18;1-7-5(6)3-4-8-2/h7-8,10-13,16H,3,5-6,9,14-15H2,1-2,4H3;3-4H2,1-2H3/b8-7-,22-21-;. The molecule has 0 spiro atoms. The van der Waals surface area contributed by atoms with Gasteiger partial charge in [0.2, 0.25) is 0 Å². The van der Waals surface area contributed by atoms with Gasteiger partial charge in [-0.3, -0.25) is 9.59 Å². The van der Waals surface area contributed by atoms with E-state index < -0.39 is 5.83 Å². The van der Waals surface area contributed by atoms with E-state index in [-0.39, 0.29) is 23.0 Å². The van der Waals surface area contributed by atoms with Gasteiger partial charge in [0.15, 0.2) is 5.43 Å². The molecule has 2 aromatic rings. The minimum absolute atomic E-state index is 0.0308. The Bertz CT molecular complexity index is 1140. The molecule has 0 aliphatic heterocycles. The lowest BCUT2D eigenvalue weighted by Gasteiger charge is -2.10. The van der Waals surface area contributed by atoms with E-state index in [1.807, 2.05) is 20.1 Å². The van der Waals surface area contributed by atoms with Gasteiger partial charge in [0.1, 0.15) is 11.6 Å². The summed E-state index contributed by atoms with van der Waals surface area (Å²) in [6, 6.07) is 7.15. The molecule has 0 radical (unpaired) electrons. The number of hydrogen-bond donors (Lipinski definition) is 0. The second kappa shape index (κ2) is 17.6. The number of allylic oxidation sites excluding steroid dienone is 1. The Balaban J connectivity index is 0.000000697. The van der Waals surface area contributed by atoms with Crippen molar-refractivity contribution in [3.05, 3.63) is 63.4 Å². The minimum atomic E-state index is -0.487. The van der Waals surface area contributed by atoms with E-state index in [4.69, 9.17) is 9.47 Å². The van der Waals surface area contributed by atoms with Gasteiger partial charge in [-0.1, -0.05) is 37.8 Å². The summed E-state index contributed by atoms with van der Waals surface area (Å²) in [5.41, 5.74) is 0.802. The van der Waals surface area contributed by atoms with Gasteiger partial charge in [0, 0.05) is 42.4 Å². The van der Waals surface area contributed by atoms with Crippen LogP contribution in [0.3, 0.4) is 0 Å². The van der Waals surface area contributed by atoms with Crippen LogP contribution in [-0.2, 0) is 20.8 Å². The highest BCUT2D eigenvalue weighted by atomic mass is 32.2. The van der Waals surface area contributed by atoms with Crippen LogP contribution in [0.2, 0.25) is 0 Å². The lowest BCUT2D eigenvalue weighted by Crippen LogP contribution is -2.46. The molecule has 0 bridgehead atoms. The summed E-state index contributed by atoms with van der Waals surface area (Å²) in [5.74, 6) is 0.938. The number of thioether (sulfide) groups is 1. The fourth-order valence-corrected chi connectivity index (χ4v) is 3.55. The molecule has 0 N–H and O–H groups in total. The molecule has 0 amide bonds. The number of rotatable bonds is 12. The van der Waals surface area contributed by atoms with Gasteiger partial charge in [-0.2, -0.15) is 11.8 Å². The van der Waals surface area contributed by atoms with Crippen molar-refractivity contribution in [3.63, 3.8) is 0 Å². The molecule has 0 saturated carbocycles. The maximum absolute atomic E-state index is 14.9. The maximum atomic E-state index is 14.9. The molecular formula is C28H38FNO5S. The summed E-state index contributed by atoms with van der Waals surface area (Å²) < 4.78 is 31.6. The number of nitrogens with zero attached hydrogens (tertiary/aromatic N) is 1. The molecule has 0 aliphatic carbocycles. The normalized spacial score (nSPS) is 11.6. The van der Waals surface area contributed by atoms with E-state index in [0.717, 1.165) is 12.2 Å². The van der Waals surface area contributed by atoms with Gasteiger partial charge in [0.05, 0.1) is 32.5 Å². The highest BCUT2D eigenvalue weighted by Gasteiger charge is 2.11. The van der Waals surface area contributed by atoms with Gasteiger partial charge in [-0.05, 0) is 37.3 Å². The number of methoxy groups -OCH3 is 2. The third-order valence-electron chi connectivity index (χ3n) is 5.17. The van der Waals surface area contributed by atoms with Crippen molar-refractivity contribution in [2.75, 3.05) is 39.4 Å². The Morgan fingerprint density at radius 2 is 1.86 bits per heavy atom. The minimum Gasteiger partial charge on any atom is -0.497 e. The zero-order valence-electron chi connectivity index (χ0n) is 22.0. The number of ether oxygens (including phenoxy) is 3. The first-order chi connectivity index (χ1) is 17.3. The lowest BCUT2D eigenvalue weighted by atomic mass is 10.1. The number of esters is 1. The first-order valence-electron chi connectivity index (χ1n) is 11.9. The highest BCUT2D eigenvalue weighted by Crippen LogP contribution is 2.18. The van der Waals surface area contributed by atoms with E-state index in [0.29, 0.717) is 48.4 Å². The number of pyridine rings is 1. The van der Waals surface area contributed by atoms with Crippen LogP contribution in [0, 0.1) is 0 Å². The Kier molecular flexibility index (Phi) is 15.2. The molecule has 1 aromatic heterocycles. The molecule has 1 aromatic carbocycles. The average molecular weight is 520 g/mol. The first-order valence-corrected chi connectivity index (χ1v) is 13.3. The number of carbonyl (C=O) groups is 1. The van der Waals surface area contributed by atoms with Gasteiger partial charge in [-0.15, -0.1) is 0 Å². The summed E-state index contributed by atoms with van der Waals surface area (Å²) in [6.07, 6.45) is 8.64. The molecule has 6 nitrogen and oxygen atoms in total. The molecular weight excluding hydrogens is 481 g/mol. The molecule has 198 valence electrons. The molecule has 36 heavy (non-hydrogen) atoms. The average Bonchev–Trinajstić information content (AvgIpc) is 2.90. The van der Waals surface area contributed by atoms with Gasteiger partial charge >= 0.3 is 5.97 Å². The van der Waals surface area contributed by atoms with Crippen molar-refractivity contribution in [3.8, 4) is 16.9 Å². The lowest BCUT2D eigenvalue weighted by molar-refractivity contribution is -0.140. The van der Waals surface area contributed by atoms with Crippen molar-refractivity contribution in [2.45, 2.75) is 39.7 Å². The summed E-state index contributed by atoms with van der Waals surface area (Å²) in [7, 11) is 2.99. The molecule has 0 fully saturated rings. The number of benzene rings is 1. The van der Waals surface area contributed by atoms with E-state index in [1.54, 1.807) is 66.1 Å². The van der Waals surface area contributed by atoms with Crippen LogP contribution in [0.1, 0.15) is 33.1 Å². The summed E-state index contributed by atoms with van der Waals surface area (Å²) in [4.78, 5) is 23.4. The fraction of sp³-hybridized carbons (Fsp3) is 0.429. The summed E-state index contributed by atoms with van der Waals surface area (Å²) >= 11 is 1.64. The highest BCUT2D eigenvalue weighted by molar-refractivity contribution is 7.98. The van der Waals surface area contributed by atoms with Crippen LogP contribution in [0.4, 0.5) is 4.39 Å². The second-order valence-electron chi connectivity index (χ2n) is 7.68. The van der Waals surface area contributed by atoms with Crippen molar-refractivity contribution < 1.29 is 23.4 Å². The summed E-state index contributed by atoms with van der Waals surface area (Å²) in [6.45, 7) is 9.59. The smallest absolute Gasteiger partial charge is 0.306 e. The number of halogens is 1. The number of carbonyl (C=O) groups excluding carboxylic acids is 1. The number of hydrogen-bond acceptors (Lipinski definition) is 6. The van der Waals surface area contributed by atoms with Crippen molar-refractivity contribution >= 4 is 30.1 Å². The van der Waals surface area contributed by atoms with Crippen LogP contribution >= 0.6 is 11.8 Å². The monoisotopic (exact) mass is 519 g/mol. The predicted molar refractivity (Wildman–Crippen MR) is 148 cm³/mol. The fourth-order valence-electron chi connectivity index (χ4n) is 3.18. The molecule has 0 saturated heterocycles. The molecule has 8 heteroatoms. The number of aryl methyl sites for hydroxylation is 1. The van der Waals surface area contributed by atoms with E-state index in [1.165, 1.54) is 7.11 Å². The zero-order valence-corrected chi connectivity index (χ0v) is 22.8. The topological polar surface area (TPSA) is 66.8 Å². The Morgan fingerprint density at radius 3 is 2.42 bits per heavy atom. The third-order valence-corrected chi connectivity index (χ3v) is 5.78. The van der Waals surface area contributed by atoms with Crippen molar-refractivity contribution in [1.82, 2.24) is 4.57 Å². The Morgan fingerprint density at radius 1 is 1.17 bits per heavy atom. The van der Waals surface area contributed by atoms with Crippen LogP contribution in [0.25, 0.3) is 23.5 Å². The SMILES string of the molecule is C=c1/c(=C(/F)C/C=C\COCCC)c(=O)c(-c2ccc(OC)cc2)cn1CC.COC(=O)CCSC. The quantitative estimate of drug-likeness (QED) is 0.236. The Labute approximate surface area is 217 Å². The van der Waals surface area contributed by atoms with Crippen molar-refractivity contribution in [1.29, 1.82) is 0 Å². The third kappa shape index (κ3) is 10.0. The van der Waals surface area contributed by atoms with E-state index in [9.17, 15) is 14.0 Å². The van der Waals surface area contributed by atoms with E-state index in [2.05, 4.69) is 11.3 Å². The van der Waals surface area contributed by atoms with Crippen LogP contribution < -0.4 is 20.7 Å². The second-order valence-corrected chi connectivity index (χ2v) is 8.67. The van der Waals surface area contributed by atoms with E-state index >= 15 is 0 Å². The molecule has 0 aliphatic rings. The van der Waals surface area contributed by atoms with Gasteiger partial charge in [0.25, 0.3) is 0 Å². The maximum Gasteiger partial charge on any atom is 0.306 e.